The van der Waals surface area contributed by atoms with E-state index in [4.69, 9.17) is 4.52 Å². The molecule has 0 spiro atoms. The van der Waals surface area contributed by atoms with E-state index in [2.05, 4.69) is 41.3 Å². The van der Waals surface area contributed by atoms with Crippen molar-refractivity contribution < 1.29 is 4.52 Å². The molecule has 2 aromatic heterocycles. The van der Waals surface area contributed by atoms with Crippen molar-refractivity contribution in [3.8, 4) is 11.4 Å². The molecule has 0 radical (unpaired) electrons. The van der Waals surface area contributed by atoms with Crippen LogP contribution in [0.15, 0.2) is 16.9 Å². The van der Waals surface area contributed by atoms with E-state index in [9.17, 15) is 0 Å². The van der Waals surface area contributed by atoms with Gasteiger partial charge >= 0.3 is 0 Å². The molecule has 0 fully saturated rings. The third kappa shape index (κ3) is 3.25. The number of aryl methyl sites for hydroxylation is 1. The number of nitrogens with one attached hydrogen (secondary N) is 1. The minimum Gasteiger partial charge on any atom is -0.339 e. The van der Waals surface area contributed by atoms with Gasteiger partial charge in [-0.15, -0.1) is 0 Å². The first-order valence-electron chi connectivity index (χ1n) is 7.21. The normalized spacial score (nSPS) is 14.4. The van der Waals surface area contributed by atoms with Gasteiger partial charge in [-0.1, -0.05) is 25.9 Å². The summed E-state index contributed by atoms with van der Waals surface area (Å²) >= 11 is 0. The molecule has 0 saturated carbocycles. The van der Waals surface area contributed by atoms with Gasteiger partial charge in [0.05, 0.1) is 17.7 Å². The summed E-state index contributed by atoms with van der Waals surface area (Å²) in [6.07, 6.45) is 5.78. The molecule has 0 aliphatic heterocycles. The molecule has 1 N–H and O–H groups in total. The third-order valence-electron chi connectivity index (χ3n) is 3.49. The molecular weight excluding hydrogens is 254 g/mol. The summed E-state index contributed by atoms with van der Waals surface area (Å²) in [6.45, 7) is 7.46. The first-order chi connectivity index (χ1) is 9.65. The van der Waals surface area contributed by atoms with E-state index < -0.39 is 0 Å². The lowest BCUT2D eigenvalue weighted by atomic mass is 9.99. The van der Waals surface area contributed by atoms with Crippen LogP contribution >= 0.6 is 0 Å². The van der Waals surface area contributed by atoms with Crippen LogP contribution in [0.4, 0.5) is 0 Å². The molecule has 0 aliphatic carbocycles. The lowest BCUT2D eigenvalue weighted by Gasteiger charge is -2.20. The Morgan fingerprint density at radius 3 is 2.80 bits per heavy atom. The lowest BCUT2D eigenvalue weighted by molar-refractivity contribution is 0.319. The predicted octanol–water partition coefficient (Wildman–Crippen LogP) is 2.35. The van der Waals surface area contributed by atoms with Gasteiger partial charge in [-0.25, -0.2) is 0 Å². The maximum absolute atomic E-state index is 5.41. The van der Waals surface area contributed by atoms with Crippen LogP contribution in [-0.4, -0.2) is 32.5 Å². The molecule has 0 aromatic carbocycles. The van der Waals surface area contributed by atoms with Gasteiger partial charge in [0, 0.05) is 19.3 Å². The van der Waals surface area contributed by atoms with E-state index in [1.54, 1.807) is 10.9 Å². The van der Waals surface area contributed by atoms with Crippen molar-refractivity contribution >= 4 is 0 Å². The average molecular weight is 277 g/mol. The summed E-state index contributed by atoms with van der Waals surface area (Å²) in [7, 11) is 1.87. The van der Waals surface area contributed by atoms with Crippen LogP contribution in [0.3, 0.4) is 0 Å². The van der Waals surface area contributed by atoms with Crippen molar-refractivity contribution in [2.45, 2.75) is 45.6 Å². The standard InChI is InChI=1S/C14H23N5O/c1-5-7-15-12(6-2)10(3)14-17-13(18-20-14)11-8-16-19(4)9-11/h8-10,12,15H,5-7H2,1-4H3. The Balaban J connectivity index is 2.10. The molecule has 0 aliphatic rings. The zero-order valence-corrected chi connectivity index (χ0v) is 12.6. The van der Waals surface area contributed by atoms with Gasteiger partial charge < -0.3 is 9.84 Å². The van der Waals surface area contributed by atoms with Crippen molar-refractivity contribution in [1.29, 1.82) is 0 Å². The molecule has 6 nitrogen and oxygen atoms in total. The number of hydrogen-bond acceptors (Lipinski definition) is 5. The Bertz CT molecular complexity index is 533. The summed E-state index contributed by atoms with van der Waals surface area (Å²) in [5, 5.41) is 11.7. The van der Waals surface area contributed by atoms with E-state index in [0.717, 1.165) is 24.9 Å². The van der Waals surface area contributed by atoms with E-state index in [1.807, 2.05) is 13.2 Å². The van der Waals surface area contributed by atoms with E-state index in [0.29, 0.717) is 17.8 Å². The second-order valence-corrected chi connectivity index (χ2v) is 5.12. The molecule has 2 heterocycles. The Kier molecular flexibility index (Phi) is 4.89. The van der Waals surface area contributed by atoms with E-state index in [-0.39, 0.29) is 5.92 Å². The van der Waals surface area contributed by atoms with Gasteiger partial charge in [0.1, 0.15) is 0 Å². The van der Waals surface area contributed by atoms with E-state index >= 15 is 0 Å². The summed E-state index contributed by atoms with van der Waals surface area (Å²) in [5.41, 5.74) is 0.879. The molecule has 0 saturated heterocycles. The second-order valence-electron chi connectivity index (χ2n) is 5.12. The largest absolute Gasteiger partial charge is 0.339 e. The molecule has 2 atom stereocenters. The Morgan fingerprint density at radius 1 is 1.40 bits per heavy atom. The Labute approximate surface area is 119 Å². The number of nitrogens with zero attached hydrogens (tertiary/aromatic N) is 4. The lowest BCUT2D eigenvalue weighted by Crippen LogP contribution is -2.33. The monoisotopic (exact) mass is 277 g/mol. The maximum Gasteiger partial charge on any atom is 0.231 e. The van der Waals surface area contributed by atoms with Gasteiger partial charge in [-0.2, -0.15) is 10.1 Å². The van der Waals surface area contributed by atoms with Crippen LogP contribution in [0, 0.1) is 0 Å². The fourth-order valence-corrected chi connectivity index (χ4v) is 2.25. The Morgan fingerprint density at radius 2 is 2.20 bits per heavy atom. The zero-order valence-electron chi connectivity index (χ0n) is 12.6. The SMILES string of the molecule is CCCNC(CC)C(C)c1nc(-c2cnn(C)c2)no1. The van der Waals surface area contributed by atoms with Crippen LogP contribution < -0.4 is 5.32 Å². The van der Waals surface area contributed by atoms with Crippen molar-refractivity contribution in [3.05, 3.63) is 18.3 Å². The van der Waals surface area contributed by atoms with Crippen LogP contribution in [0.25, 0.3) is 11.4 Å². The minimum absolute atomic E-state index is 0.199. The predicted molar refractivity (Wildman–Crippen MR) is 77.3 cm³/mol. The first-order valence-corrected chi connectivity index (χ1v) is 7.21. The van der Waals surface area contributed by atoms with Crippen molar-refractivity contribution in [3.63, 3.8) is 0 Å². The fourth-order valence-electron chi connectivity index (χ4n) is 2.25. The molecule has 6 heteroatoms. The highest BCUT2D eigenvalue weighted by Crippen LogP contribution is 2.22. The molecule has 20 heavy (non-hydrogen) atoms. The number of rotatable bonds is 7. The van der Waals surface area contributed by atoms with Crippen LogP contribution in [-0.2, 0) is 7.05 Å². The van der Waals surface area contributed by atoms with Gasteiger partial charge in [-0.05, 0) is 19.4 Å². The molecule has 2 aromatic rings. The smallest absolute Gasteiger partial charge is 0.231 e. The Hall–Kier alpha value is -1.69. The number of aromatic nitrogens is 4. The minimum atomic E-state index is 0.199. The van der Waals surface area contributed by atoms with Crippen molar-refractivity contribution in [2.75, 3.05) is 6.54 Å². The van der Waals surface area contributed by atoms with Crippen LogP contribution in [0.2, 0.25) is 0 Å². The summed E-state index contributed by atoms with van der Waals surface area (Å²) in [4.78, 5) is 4.50. The molecular formula is C14H23N5O. The molecule has 110 valence electrons. The highest BCUT2D eigenvalue weighted by Gasteiger charge is 2.23. The maximum atomic E-state index is 5.41. The highest BCUT2D eigenvalue weighted by atomic mass is 16.5. The van der Waals surface area contributed by atoms with Crippen molar-refractivity contribution in [2.24, 2.45) is 7.05 Å². The molecule has 0 amide bonds. The fraction of sp³-hybridized carbons (Fsp3) is 0.643. The van der Waals surface area contributed by atoms with Gasteiger partial charge in [0.2, 0.25) is 11.7 Å². The summed E-state index contributed by atoms with van der Waals surface area (Å²) in [5.74, 6) is 1.48. The molecule has 0 bridgehead atoms. The topological polar surface area (TPSA) is 68.8 Å². The van der Waals surface area contributed by atoms with Gasteiger partial charge in [0.15, 0.2) is 0 Å². The van der Waals surface area contributed by atoms with Crippen LogP contribution in [0.1, 0.15) is 45.4 Å². The number of hydrogen-bond donors (Lipinski definition) is 1. The summed E-state index contributed by atoms with van der Waals surface area (Å²) < 4.78 is 7.14. The average Bonchev–Trinajstić information content (AvgIpc) is 3.07. The van der Waals surface area contributed by atoms with Gasteiger partial charge in [-0.3, -0.25) is 4.68 Å². The molecule has 2 rings (SSSR count). The van der Waals surface area contributed by atoms with Gasteiger partial charge in [0.25, 0.3) is 0 Å². The van der Waals surface area contributed by atoms with E-state index in [1.165, 1.54) is 0 Å². The quantitative estimate of drug-likeness (QED) is 0.841. The molecule has 2 unspecified atom stereocenters. The second kappa shape index (κ2) is 6.65. The summed E-state index contributed by atoms with van der Waals surface area (Å²) in [6, 6.07) is 0.358. The van der Waals surface area contributed by atoms with Crippen molar-refractivity contribution in [1.82, 2.24) is 25.2 Å². The van der Waals surface area contributed by atoms with Crippen LogP contribution in [0.5, 0.6) is 0 Å². The third-order valence-corrected chi connectivity index (χ3v) is 3.49. The highest BCUT2D eigenvalue weighted by molar-refractivity contribution is 5.51. The first kappa shape index (κ1) is 14.7. The zero-order chi connectivity index (χ0) is 14.5.